The molecule has 0 aromatic carbocycles. The lowest BCUT2D eigenvalue weighted by Crippen LogP contribution is -2.71. The SMILES string of the molecule is O=C(O)CN(C(=O)C(F)(F)F)C([PH2]=S)(N1CCCCC1)N1CCCCC1. The molecular formula is C15H25F3N3O3PS. The number of carbonyl (C=O) groups excluding carboxylic acids is 1. The van der Waals surface area contributed by atoms with Gasteiger partial charge in [-0.1, -0.05) is 24.6 Å². The quantitative estimate of drug-likeness (QED) is 0.669. The van der Waals surface area contributed by atoms with Gasteiger partial charge in [0.25, 0.3) is 0 Å². The summed E-state index contributed by atoms with van der Waals surface area (Å²) in [6.45, 7) is 1.06. The largest absolute Gasteiger partial charge is 0.480 e. The molecule has 0 aliphatic carbocycles. The average Bonchev–Trinajstić information content (AvgIpc) is 2.62. The maximum Gasteiger partial charge on any atom is 0.471 e. The van der Waals surface area contributed by atoms with Crippen LogP contribution in [-0.4, -0.2) is 76.1 Å². The predicted molar refractivity (Wildman–Crippen MR) is 96.1 cm³/mol. The fraction of sp³-hybridized carbons (Fsp3) is 0.867. The molecule has 6 nitrogen and oxygen atoms in total. The Morgan fingerprint density at radius 1 is 0.962 bits per heavy atom. The minimum atomic E-state index is -5.14. The van der Waals surface area contributed by atoms with Crippen molar-refractivity contribution in [2.75, 3.05) is 32.7 Å². The standard InChI is InChI=1S/C15H25F3N3O3PS/c16-14(17,18)13(24)21(11-12(22)23)15(25-26,19-7-3-1-4-8-19)20-9-5-2-6-10-20/h1-11,25H2,(H,22,23). The van der Waals surface area contributed by atoms with Crippen LogP contribution in [0.3, 0.4) is 0 Å². The molecule has 1 unspecified atom stereocenters. The number of likely N-dealkylation sites (tertiary alicyclic amines) is 2. The summed E-state index contributed by atoms with van der Waals surface area (Å²) in [6.07, 6.45) is -0.0267. The van der Waals surface area contributed by atoms with Crippen LogP contribution in [0.1, 0.15) is 38.5 Å². The second-order valence-corrected chi connectivity index (χ2v) is 8.40. The van der Waals surface area contributed by atoms with Gasteiger partial charge in [-0.25, -0.2) is 0 Å². The third kappa shape index (κ3) is 4.58. The number of aliphatic carboxylic acids is 1. The van der Waals surface area contributed by atoms with Crippen LogP contribution in [0.25, 0.3) is 0 Å². The van der Waals surface area contributed by atoms with E-state index < -0.39 is 37.5 Å². The van der Waals surface area contributed by atoms with Crippen LogP contribution in [-0.2, 0) is 21.4 Å². The normalized spacial score (nSPS) is 21.2. The van der Waals surface area contributed by atoms with Gasteiger partial charge in [0.05, 0.1) is 0 Å². The smallest absolute Gasteiger partial charge is 0.471 e. The Kier molecular flexibility index (Phi) is 7.47. The molecule has 1 N–H and O–H groups in total. The highest BCUT2D eigenvalue weighted by Crippen LogP contribution is 2.41. The number of piperidine rings is 2. The molecule has 2 saturated heterocycles. The second-order valence-electron chi connectivity index (χ2n) is 6.68. The van der Waals surface area contributed by atoms with Gasteiger partial charge >= 0.3 is 18.1 Å². The molecule has 2 aliphatic heterocycles. The summed E-state index contributed by atoms with van der Waals surface area (Å²) in [5, 5.41) is 9.23. The summed E-state index contributed by atoms with van der Waals surface area (Å²) in [7, 11) is -1.09. The minimum absolute atomic E-state index is 0.494. The van der Waals surface area contributed by atoms with E-state index in [4.69, 9.17) is 11.8 Å². The first-order chi connectivity index (χ1) is 12.2. The minimum Gasteiger partial charge on any atom is -0.480 e. The van der Waals surface area contributed by atoms with E-state index in [1.54, 1.807) is 0 Å². The number of carboxylic acids is 1. The molecular weight excluding hydrogens is 390 g/mol. The molecule has 2 rings (SSSR count). The average molecular weight is 415 g/mol. The van der Waals surface area contributed by atoms with Crippen molar-refractivity contribution in [3.8, 4) is 0 Å². The van der Waals surface area contributed by atoms with Crippen molar-refractivity contribution in [2.45, 2.75) is 50.2 Å². The molecule has 0 bridgehead atoms. The van der Waals surface area contributed by atoms with Gasteiger partial charge in [0.2, 0.25) is 0 Å². The number of amides is 1. The van der Waals surface area contributed by atoms with Crippen molar-refractivity contribution in [3.63, 3.8) is 0 Å². The lowest BCUT2D eigenvalue weighted by molar-refractivity contribution is -0.207. The Bertz CT molecular complexity index is 520. The highest BCUT2D eigenvalue weighted by atomic mass is 32.4. The first-order valence-electron chi connectivity index (χ1n) is 8.80. The number of carboxylic acid groups (broad SMARTS) is 1. The first-order valence-corrected chi connectivity index (χ1v) is 11.3. The van der Waals surface area contributed by atoms with Crippen LogP contribution in [0.5, 0.6) is 0 Å². The van der Waals surface area contributed by atoms with Gasteiger partial charge in [0.1, 0.15) is 6.54 Å². The van der Waals surface area contributed by atoms with Crippen LogP contribution >= 0.6 is 7.36 Å². The Balaban J connectivity index is 2.53. The number of nitrogens with zero attached hydrogens (tertiary/aromatic N) is 3. The second kappa shape index (κ2) is 8.99. The topological polar surface area (TPSA) is 64.1 Å². The summed E-state index contributed by atoms with van der Waals surface area (Å²) >= 11 is 5.36. The van der Waals surface area contributed by atoms with Crippen molar-refractivity contribution in [1.29, 1.82) is 0 Å². The number of carbonyl (C=O) groups is 2. The Labute approximate surface area is 157 Å². The summed E-state index contributed by atoms with van der Waals surface area (Å²) in [5.74, 6) is -3.59. The van der Waals surface area contributed by atoms with Crippen molar-refractivity contribution >= 4 is 31.0 Å². The lowest BCUT2D eigenvalue weighted by atomic mass is 10.1. The van der Waals surface area contributed by atoms with Crippen LogP contribution < -0.4 is 0 Å². The van der Waals surface area contributed by atoms with Gasteiger partial charge in [-0.3, -0.25) is 24.3 Å². The highest BCUT2D eigenvalue weighted by molar-refractivity contribution is 7.97. The van der Waals surface area contributed by atoms with Crippen LogP contribution in [0.2, 0.25) is 0 Å². The van der Waals surface area contributed by atoms with E-state index in [0.29, 0.717) is 31.1 Å². The van der Waals surface area contributed by atoms with Crippen LogP contribution in [0, 0.1) is 0 Å². The summed E-state index contributed by atoms with van der Waals surface area (Å²) in [4.78, 5) is 27.7. The Hall–Kier alpha value is -0.700. The number of rotatable bonds is 6. The zero-order chi connectivity index (χ0) is 19.4. The first kappa shape index (κ1) is 21.6. The van der Waals surface area contributed by atoms with E-state index >= 15 is 0 Å². The fourth-order valence-corrected chi connectivity index (χ4v) is 6.25. The molecule has 0 radical (unpaired) electrons. The molecule has 26 heavy (non-hydrogen) atoms. The number of halogens is 3. The number of hydrogen-bond acceptors (Lipinski definition) is 5. The van der Waals surface area contributed by atoms with E-state index in [-0.39, 0.29) is 0 Å². The van der Waals surface area contributed by atoms with Crippen molar-refractivity contribution < 1.29 is 27.9 Å². The van der Waals surface area contributed by atoms with Crippen LogP contribution in [0.4, 0.5) is 13.2 Å². The lowest BCUT2D eigenvalue weighted by Gasteiger charge is -2.56. The molecule has 0 aromatic heterocycles. The van der Waals surface area contributed by atoms with E-state index in [0.717, 1.165) is 38.5 Å². The third-order valence-electron chi connectivity index (χ3n) is 4.98. The third-order valence-corrected chi connectivity index (χ3v) is 7.29. The van der Waals surface area contributed by atoms with Crippen LogP contribution in [0.15, 0.2) is 0 Å². The van der Waals surface area contributed by atoms with Crippen molar-refractivity contribution in [3.05, 3.63) is 0 Å². The van der Waals surface area contributed by atoms with E-state index in [1.807, 2.05) is 9.80 Å². The maximum absolute atomic E-state index is 13.3. The molecule has 0 saturated carbocycles. The highest BCUT2D eigenvalue weighted by Gasteiger charge is 2.55. The van der Waals surface area contributed by atoms with Gasteiger partial charge < -0.3 is 5.11 Å². The molecule has 1 amide bonds. The molecule has 0 aromatic rings. The van der Waals surface area contributed by atoms with E-state index in [9.17, 15) is 27.9 Å². The maximum atomic E-state index is 13.3. The molecule has 0 spiro atoms. The van der Waals surface area contributed by atoms with Gasteiger partial charge in [0, 0.05) is 26.2 Å². The van der Waals surface area contributed by atoms with Crippen molar-refractivity contribution in [1.82, 2.24) is 14.7 Å². The molecule has 2 fully saturated rings. The molecule has 2 aliphatic rings. The van der Waals surface area contributed by atoms with E-state index in [1.165, 1.54) is 0 Å². The molecule has 150 valence electrons. The summed E-state index contributed by atoms with van der Waals surface area (Å²) in [5.41, 5.74) is -1.44. The van der Waals surface area contributed by atoms with Gasteiger partial charge in [-0.2, -0.15) is 13.2 Å². The van der Waals surface area contributed by atoms with Gasteiger partial charge in [0.15, 0.2) is 5.53 Å². The zero-order valence-electron chi connectivity index (χ0n) is 14.5. The van der Waals surface area contributed by atoms with Crippen molar-refractivity contribution in [2.24, 2.45) is 0 Å². The predicted octanol–water partition coefficient (Wildman–Crippen LogP) is 1.92. The Morgan fingerprint density at radius 2 is 1.38 bits per heavy atom. The molecule has 11 heteroatoms. The number of alkyl halides is 3. The van der Waals surface area contributed by atoms with Gasteiger partial charge in [-0.05, 0) is 33.0 Å². The molecule has 1 atom stereocenters. The summed E-state index contributed by atoms with van der Waals surface area (Å²) < 4.78 is 39.9. The summed E-state index contributed by atoms with van der Waals surface area (Å²) in [6, 6.07) is 0. The Morgan fingerprint density at radius 3 is 1.69 bits per heavy atom. The number of hydrogen-bond donors (Lipinski definition) is 1. The molecule has 2 heterocycles. The zero-order valence-corrected chi connectivity index (χ0v) is 16.5. The van der Waals surface area contributed by atoms with Gasteiger partial charge in [-0.15, -0.1) is 0 Å². The van der Waals surface area contributed by atoms with E-state index in [2.05, 4.69) is 0 Å². The monoisotopic (exact) mass is 415 g/mol. The fourth-order valence-electron chi connectivity index (χ4n) is 3.83.